The first-order valence-electron chi connectivity index (χ1n) is 6.40. The molecule has 3 rings (SSSR count). The zero-order chi connectivity index (χ0) is 11.4. The summed E-state index contributed by atoms with van der Waals surface area (Å²) < 4.78 is 0. The van der Waals surface area contributed by atoms with Crippen molar-refractivity contribution >= 4 is 0 Å². The third-order valence-corrected chi connectivity index (χ3v) is 4.91. The fraction of sp³-hybridized carbons (Fsp3) is 0.600. The molecule has 0 unspecified atom stereocenters. The summed E-state index contributed by atoms with van der Waals surface area (Å²) in [6.07, 6.45) is 3.95. The molecule has 1 heteroatoms. The van der Waals surface area contributed by atoms with E-state index in [0.717, 1.165) is 12.5 Å². The number of hydrogen-bond acceptors (Lipinski definition) is 1. The first-order valence-corrected chi connectivity index (χ1v) is 6.40. The molecule has 0 amide bonds. The van der Waals surface area contributed by atoms with E-state index in [4.69, 9.17) is 5.73 Å². The van der Waals surface area contributed by atoms with Crippen LogP contribution in [-0.2, 0) is 10.8 Å². The van der Waals surface area contributed by atoms with Crippen LogP contribution < -0.4 is 5.73 Å². The Morgan fingerprint density at radius 3 is 2.50 bits per heavy atom. The van der Waals surface area contributed by atoms with Gasteiger partial charge in [-0.15, -0.1) is 0 Å². The van der Waals surface area contributed by atoms with Crippen LogP contribution in [0.15, 0.2) is 24.3 Å². The van der Waals surface area contributed by atoms with Crippen molar-refractivity contribution in [3.05, 3.63) is 35.4 Å². The Morgan fingerprint density at radius 2 is 1.88 bits per heavy atom. The van der Waals surface area contributed by atoms with Crippen LogP contribution in [0.3, 0.4) is 0 Å². The highest BCUT2D eigenvalue weighted by Crippen LogP contribution is 2.62. The summed E-state index contributed by atoms with van der Waals surface area (Å²) in [5.74, 6) is 0.741. The normalized spacial score (nSPS) is 34.8. The van der Waals surface area contributed by atoms with Gasteiger partial charge < -0.3 is 5.73 Å². The lowest BCUT2D eigenvalue weighted by atomic mass is 9.66. The molecule has 2 atom stereocenters. The zero-order valence-corrected chi connectivity index (χ0v) is 10.3. The molecule has 0 bridgehead atoms. The van der Waals surface area contributed by atoms with Crippen molar-refractivity contribution in [2.45, 2.75) is 43.9 Å². The van der Waals surface area contributed by atoms with E-state index in [1.165, 1.54) is 19.3 Å². The molecule has 2 aliphatic rings. The number of benzene rings is 1. The molecule has 1 nitrogen and oxygen atoms in total. The summed E-state index contributed by atoms with van der Waals surface area (Å²) in [6.45, 7) is 5.60. The van der Waals surface area contributed by atoms with Gasteiger partial charge in [0.1, 0.15) is 0 Å². The third kappa shape index (κ3) is 1.21. The smallest absolute Gasteiger partial charge is 0.0000244 e. The molecular weight excluding hydrogens is 194 g/mol. The average Bonchev–Trinajstić information content (AvgIpc) is 3.00. The molecule has 1 spiro atoms. The minimum atomic E-state index is 0.351. The highest BCUT2D eigenvalue weighted by Gasteiger charge is 2.57. The number of hydrogen-bond donors (Lipinski definition) is 1. The molecule has 0 aromatic heterocycles. The summed E-state index contributed by atoms with van der Waals surface area (Å²) >= 11 is 0. The fourth-order valence-corrected chi connectivity index (χ4v) is 3.64. The van der Waals surface area contributed by atoms with Gasteiger partial charge >= 0.3 is 0 Å². The molecule has 0 saturated heterocycles. The maximum Gasteiger partial charge on any atom is 0.0000244 e. The minimum Gasteiger partial charge on any atom is -0.330 e. The van der Waals surface area contributed by atoms with Crippen LogP contribution in [0, 0.1) is 5.92 Å². The van der Waals surface area contributed by atoms with Gasteiger partial charge in [-0.25, -0.2) is 0 Å². The lowest BCUT2D eigenvalue weighted by Gasteiger charge is -2.38. The first kappa shape index (κ1) is 10.3. The van der Waals surface area contributed by atoms with Crippen molar-refractivity contribution in [2.75, 3.05) is 6.54 Å². The number of nitrogens with two attached hydrogens (primary N) is 1. The van der Waals surface area contributed by atoms with Gasteiger partial charge in [-0.2, -0.15) is 0 Å². The highest BCUT2D eigenvalue weighted by molar-refractivity contribution is 5.46. The Labute approximate surface area is 98.0 Å². The molecule has 16 heavy (non-hydrogen) atoms. The van der Waals surface area contributed by atoms with Crippen LogP contribution in [0.4, 0.5) is 0 Å². The second-order valence-electron chi connectivity index (χ2n) is 6.22. The van der Waals surface area contributed by atoms with Gasteiger partial charge in [-0.05, 0) is 48.3 Å². The summed E-state index contributed by atoms with van der Waals surface area (Å²) in [5.41, 5.74) is 9.84. The van der Waals surface area contributed by atoms with E-state index in [1.54, 1.807) is 11.1 Å². The maximum atomic E-state index is 5.86. The highest BCUT2D eigenvalue weighted by atomic mass is 14.7. The van der Waals surface area contributed by atoms with Gasteiger partial charge in [-0.1, -0.05) is 38.1 Å². The standard InChI is InChI=1S/C15H21N/c1-14(2)7-8-15(9-11(15)10-16)13-6-4-3-5-12(13)14/h3-6,11H,7-10,16H2,1-2H3/t11-,15-/m1/s1. The molecule has 2 N–H and O–H groups in total. The molecule has 1 aromatic carbocycles. The topological polar surface area (TPSA) is 26.0 Å². The molecule has 1 fully saturated rings. The molecule has 0 radical (unpaired) electrons. The van der Waals surface area contributed by atoms with Crippen molar-refractivity contribution < 1.29 is 0 Å². The van der Waals surface area contributed by atoms with Crippen LogP contribution in [0.5, 0.6) is 0 Å². The molecular formula is C15H21N. The van der Waals surface area contributed by atoms with Crippen LogP contribution >= 0.6 is 0 Å². The lowest BCUT2D eigenvalue weighted by molar-refractivity contribution is 0.368. The van der Waals surface area contributed by atoms with Gasteiger partial charge in [0.2, 0.25) is 0 Å². The van der Waals surface area contributed by atoms with E-state index >= 15 is 0 Å². The number of rotatable bonds is 1. The summed E-state index contributed by atoms with van der Waals surface area (Å²) in [5, 5.41) is 0. The van der Waals surface area contributed by atoms with Gasteiger partial charge in [0.05, 0.1) is 0 Å². The summed E-state index contributed by atoms with van der Waals surface area (Å²) in [6, 6.07) is 9.03. The van der Waals surface area contributed by atoms with Crippen LogP contribution in [0.25, 0.3) is 0 Å². The zero-order valence-electron chi connectivity index (χ0n) is 10.3. The van der Waals surface area contributed by atoms with Gasteiger partial charge in [0.15, 0.2) is 0 Å². The Kier molecular flexibility index (Phi) is 2.00. The molecule has 2 aliphatic carbocycles. The number of fused-ring (bicyclic) bond motifs is 2. The van der Waals surface area contributed by atoms with Crippen molar-refractivity contribution in [1.82, 2.24) is 0 Å². The van der Waals surface area contributed by atoms with Crippen molar-refractivity contribution in [3.8, 4) is 0 Å². The van der Waals surface area contributed by atoms with Gasteiger partial charge in [0.25, 0.3) is 0 Å². The van der Waals surface area contributed by atoms with Crippen LogP contribution in [0.2, 0.25) is 0 Å². The minimum absolute atomic E-state index is 0.351. The van der Waals surface area contributed by atoms with Crippen LogP contribution in [0.1, 0.15) is 44.2 Å². The third-order valence-electron chi connectivity index (χ3n) is 4.91. The van der Waals surface area contributed by atoms with Gasteiger partial charge in [0, 0.05) is 5.41 Å². The molecule has 86 valence electrons. The largest absolute Gasteiger partial charge is 0.330 e. The van der Waals surface area contributed by atoms with E-state index in [-0.39, 0.29) is 0 Å². The van der Waals surface area contributed by atoms with E-state index < -0.39 is 0 Å². The summed E-state index contributed by atoms with van der Waals surface area (Å²) in [4.78, 5) is 0. The van der Waals surface area contributed by atoms with E-state index in [9.17, 15) is 0 Å². The van der Waals surface area contributed by atoms with E-state index in [0.29, 0.717) is 10.8 Å². The predicted octanol–water partition coefficient (Wildman–Crippen LogP) is 2.97. The molecule has 0 aliphatic heterocycles. The fourth-order valence-electron chi connectivity index (χ4n) is 3.64. The Bertz CT molecular complexity index is 421. The quantitative estimate of drug-likeness (QED) is 0.765. The second kappa shape index (κ2) is 3.10. The molecule has 0 heterocycles. The predicted molar refractivity (Wildman–Crippen MR) is 67.5 cm³/mol. The Balaban J connectivity index is 2.11. The van der Waals surface area contributed by atoms with E-state index in [2.05, 4.69) is 38.1 Å². The Morgan fingerprint density at radius 1 is 1.19 bits per heavy atom. The first-order chi connectivity index (χ1) is 7.60. The van der Waals surface area contributed by atoms with Crippen molar-refractivity contribution in [2.24, 2.45) is 11.7 Å². The summed E-state index contributed by atoms with van der Waals surface area (Å²) in [7, 11) is 0. The van der Waals surface area contributed by atoms with Crippen LogP contribution in [-0.4, -0.2) is 6.54 Å². The maximum absolute atomic E-state index is 5.86. The van der Waals surface area contributed by atoms with Crippen molar-refractivity contribution in [1.29, 1.82) is 0 Å². The van der Waals surface area contributed by atoms with E-state index in [1.807, 2.05) is 0 Å². The monoisotopic (exact) mass is 215 g/mol. The molecule has 1 aromatic rings. The Hall–Kier alpha value is -0.820. The molecule has 1 saturated carbocycles. The SMILES string of the molecule is CC1(C)CC[C@]2(C[C@@H]2CN)c2ccccc21. The second-order valence-corrected chi connectivity index (χ2v) is 6.22. The van der Waals surface area contributed by atoms with Gasteiger partial charge in [-0.3, -0.25) is 0 Å². The lowest BCUT2D eigenvalue weighted by Crippen LogP contribution is -2.31. The average molecular weight is 215 g/mol. The van der Waals surface area contributed by atoms with Crippen molar-refractivity contribution in [3.63, 3.8) is 0 Å².